The molecule has 2 aromatic carbocycles. The molecule has 0 amide bonds. The van der Waals surface area contributed by atoms with Crippen LogP contribution in [0.4, 0.5) is 5.69 Å². The molecule has 158 valence electrons. The van der Waals surface area contributed by atoms with Crippen LogP contribution in [0.25, 0.3) is 33.4 Å². The van der Waals surface area contributed by atoms with Crippen LogP contribution in [-0.2, 0) is 11.8 Å². The zero-order valence-corrected chi connectivity index (χ0v) is 18.0. The molecule has 0 aliphatic heterocycles. The molecule has 0 aliphatic rings. The van der Waals surface area contributed by atoms with E-state index in [4.69, 9.17) is 16.7 Å². The number of benzene rings is 2. The first-order valence-electron chi connectivity index (χ1n) is 9.05. The molecule has 0 radical (unpaired) electrons. The standard InChI is InChI=1S/C20H16ClN5O4S/c1-10-3-13-4-12(8-16(21)18(13)25(10)2)11-5-14(7-15(6-11)26(29)30)19-22-20(24-23-19)31-9-17(27)28/h3-8H,9H2,1-2H3,(H,27,28)(H,22,23,24). The van der Waals surface area contributed by atoms with Crippen LogP contribution in [-0.4, -0.2) is 41.5 Å². The number of carbonyl (C=O) groups is 1. The van der Waals surface area contributed by atoms with E-state index in [0.717, 1.165) is 33.9 Å². The van der Waals surface area contributed by atoms with Crippen molar-refractivity contribution in [2.24, 2.45) is 7.05 Å². The van der Waals surface area contributed by atoms with E-state index >= 15 is 0 Å². The van der Waals surface area contributed by atoms with Crippen molar-refractivity contribution in [2.45, 2.75) is 12.1 Å². The Morgan fingerprint density at radius 1 is 1.23 bits per heavy atom. The van der Waals surface area contributed by atoms with Crippen LogP contribution in [0.3, 0.4) is 0 Å². The van der Waals surface area contributed by atoms with E-state index in [1.807, 2.05) is 30.7 Å². The van der Waals surface area contributed by atoms with Crippen LogP contribution < -0.4 is 0 Å². The van der Waals surface area contributed by atoms with Crippen molar-refractivity contribution < 1.29 is 14.8 Å². The maximum absolute atomic E-state index is 11.5. The third-order valence-corrected chi connectivity index (χ3v) is 5.97. The second-order valence-electron chi connectivity index (χ2n) is 6.92. The summed E-state index contributed by atoms with van der Waals surface area (Å²) in [6.45, 7) is 1.98. The summed E-state index contributed by atoms with van der Waals surface area (Å²) < 4.78 is 1.99. The smallest absolute Gasteiger partial charge is 0.313 e. The molecule has 0 saturated heterocycles. The summed E-state index contributed by atoms with van der Waals surface area (Å²) in [6.07, 6.45) is 0. The van der Waals surface area contributed by atoms with Gasteiger partial charge in [-0.2, -0.15) is 0 Å². The van der Waals surface area contributed by atoms with Gasteiger partial charge in [-0.1, -0.05) is 23.4 Å². The minimum absolute atomic E-state index is 0.107. The average molecular weight is 458 g/mol. The Morgan fingerprint density at radius 2 is 1.94 bits per heavy atom. The number of carboxylic acid groups (broad SMARTS) is 1. The number of aromatic nitrogens is 4. The summed E-state index contributed by atoms with van der Waals surface area (Å²) in [7, 11) is 1.93. The number of halogens is 1. The number of thioether (sulfide) groups is 1. The van der Waals surface area contributed by atoms with Gasteiger partial charge in [0.25, 0.3) is 5.69 Å². The maximum Gasteiger partial charge on any atom is 0.313 e. The van der Waals surface area contributed by atoms with E-state index in [1.54, 1.807) is 12.1 Å². The third kappa shape index (κ3) is 4.12. The molecule has 2 aromatic heterocycles. The molecule has 0 bridgehead atoms. The zero-order chi connectivity index (χ0) is 22.3. The number of rotatable bonds is 6. The van der Waals surface area contributed by atoms with Gasteiger partial charge in [0.1, 0.15) is 0 Å². The molecule has 0 spiro atoms. The van der Waals surface area contributed by atoms with Crippen LogP contribution >= 0.6 is 23.4 Å². The van der Waals surface area contributed by atoms with Crippen LogP contribution in [0.1, 0.15) is 5.69 Å². The van der Waals surface area contributed by atoms with Crippen molar-refractivity contribution >= 4 is 45.9 Å². The number of hydrogen-bond donors (Lipinski definition) is 2. The number of nitrogens with zero attached hydrogens (tertiary/aromatic N) is 4. The molecule has 0 saturated carbocycles. The Bertz CT molecular complexity index is 1350. The van der Waals surface area contributed by atoms with Crippen molar-refractivity contribution in [3.8, 4) is 22.5 Å². The lowest BCUT2D eigenvalue weighted by Crippen LogP contribution is -1.97. The number of aromatic amines is 1. The molecule has 0 aliphatic carbocycles. The number of nitro benzene ring substituents is 1. The fourth-order valence-corrected chi connectivity index (χ4v) is 4.21. The molecular formula is C20H16ClN5O4S. The molecule has 4 aromatic rings. The fraction of sp³-hybridized carbons (Fsp3) is 0.150. The lowest BCUT2D eigenvalue weighted by molar-refractivity contribution is -0.384. The third-order valence-electron chi connectivity index (χ3n) is 4.85. The molecule has 11 heteroatoms. The van der Waals surface area contributed by atoms with E-state index in [2.05, 4.69) is 15.2 Å². The average Bonchev–Trinajstić information content (AvgIpc) is 3.31. The summed E-state index contributed by atoms with van der Waals surface area (Å²) in [5, 5.41) is 28.8. The SMILES string of the molecule is Cc1cc2cc(-c3cc(-c4nc(SCC(=O)O)n[nH]4)cc([N+](=O)[O-])c3)cc(Cl)c2n1C. The molecule has 2 N–H and O–H groups in total. The van der Waals surface area contributed by atoms with Gasteiger partial charge in [-0.05, 0) is 42.3 Å². The monoisotopic (exact) mass is 457 g/mol. The van der Waals surface area contributed by atoms with Crippen LogP contribution in [0, 0.1) is 17.0 Å². The summed E-state index contributed by atoms with van der Waals surface area (Å²) >= 11 is 7.47. The number of carboxylic acids is 1. The van der Waals surface area contributed by atoms with Crippen LogP contribution in [0.15, 0.2) is 41.6 Å². The van der Waals surface area contributed by atoms with Crippen molar-refractivity contribution in [1.29, 1.82) is 0 Å². The number of aliphatic carboxylic acids is 1. The first-order valence-corrected chi connectivity index (χ1v) is 10.4. The van der Waals surface area contributed by atoms with Gasteiger partial charge in [-0.3, -0.25) is 20.0 Å². The van der Waals surface area contributed by atoms with Gasteiger partial charge >= 0.3 is 5.97 Å². The number of nitrogens with one attached hydrogen (secondary N) is 1. The summed E-state index contributed by atoms with van der Waals surface area (Å²) in [4.78, 5) is 26.1. The summed E-state index contributed by atoms with van der Waals surface area (Å²) in [5.41, 5.74) is 3.62. The van der Waals surface area contributed by atoms with Crippen molar-refractivity contribution in [1.82, 2.24) is 19.7 Å². The number of H-pyrrole nitrogens is 1. The van der Waals surface area contributed by atoms with Crippen molar-refractivity contribution in [3.63, 3.8) is 0 Å². The normalized spacial score (nSPS) is 11.2. The highest BCUT2D eigenvalue weighted by Crippen LogP contribution is 2.35. The molecule has 0 fully saturated rings. The lowest BCUT2D eigenvalue weighted by atomic mass is 10.0. The van der Waals surface area contributed by atoms with Crippen LogP contribution in [0.5, 0.6) is 0 Å². The first kappa shape index (κ1) is 20.9. The van der Waals surface area contributed by atoms with Gasteiger partial charge in [-0.25, -0.2) is 4.98 Å². The Balaban J connectivity index is 1.81. The minimum atomic E-state index is -0.989. The molecular weight excluding hydrogens is 442 g/mol. The van der Waals surface area contributed by atoms with Gasteiger partial charge in [0.15, 0.2) is 5.82 Å². The number of nitro groups is 1. The highest BCUT2D eigenvalue weighted by atomic mass is 35.5. The van der Waals surface area contributed by atoms with Gasteiger partial charge in [0.05, 0.1) is 21.2 Å². The second kappa shape index (κ2) is 8.05. The Labute approximate surface area is 185 Å². The quantitative estimate of drug-likeness (QED) is 0.244. The summed E-state index contributed by atoms with van der Waals surface area (Å²) in [6, 6.07) is 10.3. The lowest BCUT2D eigenvalue weighted by Gasteiger charge is -2.08. The Hall–Kier alpha value is -3.37. The van der Waals surface area contributed by atoms with E-state index in [9.17, 15) is 14.9 Å². The molecule has 2 heterocycles. The molecule has 31 heavy (non-hydrogen) atoms. The van der Waals surface area contributed by atoms with E-state index in [0.29, 0.717) is 22.0 Å². The number of non-ortho nitro benzene ring substituents is 1. The minimum Gasteiger partial charge on any atom is -0.481 e. The topological polar surface area (TPSA) is 127 Å². The van der Waals surface area contributed by atoms with Crippen molar-refractivity contribution in [3.05, 3.63) is 57.2 Å². The molecule has 0 atom stereocenters. The molecule has 0 unspecified atom stereocenters. The van der Waals surface area contributed by atoms with Gasteiger partial charge < -0.3 is 9.67 Å². The maximum atomic E-state index is 11.5. The summed E-state index contributed by atoms with van der Waals surface area (Å²) in [5.74, 6) is -0.870. The molecule has 4 rings (SSSR count). The van der Waals surface area contributed by atoms with Gasteiger partial charge in [0.2, 0.25) is 5.16 Å². The fourth-order valence-electron chi connectivity index (χ4n) is 3.34. The largest absolute Gasteiger partial charge is 0.481 e. The second-order valence-corrected chi connectivity index (χ2v) is 8.27. The molecule has 9 nitrogen and oxygen atoms in total. The zero-order valence-electron chi connectivity index (χ0n) is 16.4. The van der Waals surface area contributed by atoms with Crippen LogP contribution in [0.2, 0.25) is 5.02 Å². The van der Waals surface area contributed by atoms with E-state index in [1.165, 1.54) is 12.1 Å². The number of aryl methyl sites for hydroxylation is 2. The number of fused-ring (bicyclic) bond motifs is 1. The Kier molecular flexibility index (Phi) is 5.42. The predicted octanol–water partition coefficient (Wildman–Crippen LogP) is 4.68. The Morgan fingerprint density at radius 3 is 2.65 bits per heavy atom. The highest BCUT2D eigenvalue weighted by molar-refractivity contribution is 7.99. The highest BCUT2D eigenvalue weighted by Gasteiger charge is 2.17. The number of hydrogen-bond acceptors (Lipinski definition) is 6. The van der Waals surface area contributed by atoms with E-state index < -0.39 is 10.9 Å². The van der Waals surface area contributed by atoms with Gasteiger partial charge in [-0.15, -0.1) is 5.10 Å². The predicted molar refractivity (Wildman–Crippen MR) is 118 cm³/mol. The first-order chi connectivity index (χ1) is 14.7. The van der Waals surface area contributed by atoms with Gasteiger partial charge in [0, 0.05) is 35.8 Å². The van der Waals surface area contributed by atoms with E-state index in [-0.39, 0.29) is 16.6 Å². The van der Waals surface area contributed by atoms with Crippen molar-refractivity contribution in [2.75, 3.05) is 5.75 Å².